The highest BCUT2D eigenvalue weighted by atomic mass is 35.5. The maximum absolute atomic E-state index is 10.8. The minimum atomic E-state index is -0.853. The van der Waals surface area contributed by atoms with Crippen LogP contribution in [0.25, 0.3) is 11.0 Å². The number of nitrogens with zero attached hydrogens (tertiary/aromatic N) is 2. The molecule has 0 radical (unpaired) electrons. The van der Waals surface area contributed by atoms with E-state index in [1.54, 1.807) is 6.07 Å². The lowest BCUT2D eigenvalue weighted by molar-refractivity contribution is -0.133. The number of carboxylic acids is 1. The summed E-state index contributed by atoms with van der Waals surface area (Å²) >= 11 is 13.4. The normalized spacial score (nSPS) is 16.9. The molecule has 7 heteroatoms. The van der Waals surface area contributed by atoms with Crippen LogP contribution in [0.3, 0.4) is 0 Å². The highest BCUT2D eigenvalue weighted by Gasteiger charge is 2.37. The predicted molar refractivity (Wildman–Crippen MR) is 85.6 cm³/mol. The fourth-order valence-corrected chi connectivity index (χ4v) is 3.89. The lowest BCUT2D eigenvalue weighted by Gasteiger charge is -2.41. The van der Waals surface area contributed by atoms with Gasteiger partial charge in [0, 0.05) is 5.54 Å². The first kappa shape index (κ1) is 15.0. The van der Waals surface area contributed by atoms with E-state index in [9.17, 15) is 4.79 Å². The zero-order valence-electron chi connectivity index (χ0n) is 11.4. The minimum absolute atomic E-state index is 0.0130. The number of hydrogen-bond acceptors (Lipinski definition) is 3. The number of carboxylic acid groups (broad SMARTS) is 1. The van der Waals surface area contributed by atoms with Crippen LogP contribution in [0.1, 0.15) is 26.2 Å². The summed E-state index contributed by atoms with van der Waals surface area (Å²) in [5.41, 5.74) is 1.65. The number of thioether (sulfide) groups is 1. The Hall–Kier alpha value is -0.910. The first-order valence-corrected chi connectivity index (χ1v) is 8.37. The van der Waals surface area contributed by atoms with Gasteiger partial charge in [-0.1, -0.05) is 35.0 Å². The summed E-state index contributed by atoms with van der Waals surface area (Å²) in [4.78, 5) is 15.4. The van der Waals surface area contributed by atoms with Gasteiger partial charge in [0.25, 0.3) is 0 Å². The van der Waals surface area contributed by atoms with Crippen molar-refractivity contribution in [3.8, 4) is 0 Å². The van der Waals surface area contributed by atoms with Crippen molar-refractivity contribution in [2.75, 3.05) is 5.75 Å². The van der Waals surface area contributed by atoms with Crippen molar-refractivity contribution in [1.29, 1.82) is 0 Å². The molecular weight excluding hydrogens is 331 g/mol. The van der Waals surface area contributed by atoms with E-state index in [2.05, 4.69) is 16.5 Å². The summed E-state index contributed by atoms with van der Waals surface area (Å²) in [6.45, 7) is 2.17. The van der Waals surface area contributed by atoms with Crippen LogP contribution in [-0.4, -0.2) is 26.4 Å². The second-order valence-electron chi connectivity index (χ2n) is 5.52. The second-order valence-corrected chi connectivity index (χ2v) is 7.27. The molecule has 21 heavy (non-hydrogen) atoms. The van der Waals surface area contributed by atoms with Gasteiger partial charge in [-0.3, -0.25) is 4.79 Å². The van der Waals surface area contributed by atoms with Gasteiger partial charge in [0.05, 0.1) is 26.8 Å². The topological polar surface area (TPSA) is 55.1 Å². The monoisotopic (exact) mass is 344 g/mol. The summed E-state index contributed by atoms with van der Waals surface area (Å²) in [5.74, 6) is -0.866. The molecule has 0 unspecified atom stereocenters. The highest BCUT2D eigenvalue weighted by molar-refractivity contribution is 7.99. The fourth-order valence-electron chi connectivity index (χ4n) is 2.71. The van der Waals surface area contributed by atoms with Crippen molar-refractivity contribution in [2.45, 2.75) is 36.9 Å². The molecule has 1 aromatic heterocycles. The molecule has 0 amide bonds. The number of carbonyl (C=O) groups is 1. The molecule has 0 saturated heterocycles. The van der Waals surface area contributed by atoms with E-state index >= 15 is 0 Å². The molecular formula is C14H14Cl2N2O2S. The van der Waals surface area contributed by atoms with Crippen LogP contribution in [-0.2, 0) is 10.3 Å². The smallest absolute Gasteiger partial charge is 0.313 e. The average Bonchev–Trinajstić information content (AvgIpc) is 2.72. The van der Waals surface area contributed by atoms with E-state index < -0.39 is 5.97 Å². The molecule has 4 nitrogen and oxygen atoms in total. The number of benzene rings is 1. The van der Waals surface area contributed by atoms with Crippen LogP contribution in [0, 0.1) is 0 Å². The molecule has 1 aromatic carbocycles. The first-order chi connectivity index (χ1) is 9.90. The standard InChI is InChI=1S/C14H14Cl2N2O2S/c1-14(3-2-4-14)18-11-6-9(16)8(15)5-10(11)17-13(18)21-7-12(19)20/h5-6H,2-4,7H2,1H3,(H,19,20). The Morgan fingerprint density at radius 2 is 2.10 bits per heavy atom. The molecule has 1 fully saturated rings. The molecule has 3 rings (SSSR count). The van der Waals surface area contributed by atoms with Crippen molar-refractivity contribution in [3.63, 3.8) is 0 Å². The maximum Gasteiger partial charge on any atom is 0.313 e. The van der Waals surface area contributed by atoms with Gasteiger partial charge in [-0.05, 0) is 38.3 Å². The molecule has 1 aliphatic rings. The fraction of sp³-hybridized carbons (Fsp3) is 0.429. The Morgan fingerprint density at radius 3 is 2.67 bits per heavy atom. The third-order valence-corrected chi connectivity index (χ3v) is 5.61. The van der Waals surface area contributed by atoms with Gasteiger partial charge >= 0.3 is 5.97 Å². The van der Waals surface area contributed by atoms with Crippen molar-refractivity contribution in [1.82, 2.24) is 9.55 Å². The minimum Gasteiger partial charge on any atom is -0.481 e. The van der Waals surface area contributed by atoms with Crippen LogP contribution in [0.2, 0.25) is 10.0 Å². The molecule has 0 atom stereocenters. The Bertz CT molecular complexity index is 725. The zero-order chi connectivity index (χ0) is 15.2. The largest absolute Gasteiger partial charge is 0.481 e. The van der Waals surface area contributed by atoms with E-state index in [1.165, 1.54) is 18.2 Å². The number of halogens is 2. The average molecular weight is 345 g/mol. The third kappa shape index (κ3) is 2.62. The van der Waals surface area contributed by atoms with Gasteiger partial charge in [0.15, 0.2) is 5.16 Å². The number of imidazole rings is 1. The maximum atomic E-state index is 10.8. The molecule has 0 spiro atoms. The molecule has 1 N–H and O–H groups in total. The van der Waals surface area contributed by atoms with E-state index in [4.69, 9.17) is 28.3 Å². The number of aromatic nitrogens is 2. The highest BCUT2D eigenvalue weighted by Crippen LogP contribution is 2.44. The van der Waals surface area contributed by atoms with Crippen LogP contribution in [0.15, 0.2) is 17.3 Å². The van der Waals surface area contributed by atoms with E-state index in [-0.39, 0.29) is 11.3 Å². The van der Waals surface area contributed by atoms with Crippen molar-refractivity contribution >= 4 is 52.0 Å². The van der Waals surface area contributed by atoms with Crippen LogP contribution in [0.4, 0.5) is 0 Å². The predicted octanol–water partition coefficient (Wildman–Crippen LogP) is 4.42. The van der Waals surface area contributed by atoms with Gasteiger partial charge in [-0.25, -0.2) is 4.98 Å². The molecule has 0 aliphatic heterocycles. The molecule has 1 saturated carbocycles. The van der Waals surface area contributed by atoms with Gasteiger partial charge in [0.1, 0.15) is 0 Å². The molecule has 0 bridgehead atoms. The van der Waals surface area contributed by atoms with Gasteiger partial charge in [0.2, 0.25) is 0 Å². The molecule has 2 aromatic rings. The summed E-state index contributed by atoms with van der Waals surface area (Å²) in [5, 5.41) is 10.6. The molecule has 1 heterocycles. The van der Waals surface area contributed by atoms with Crippen LogP contribution in [0.5, 0.6) is 0 Å². The van der Waals surface area contributed by atoms with Crippen molar-refractivity contribution in [3.05, 3.63) is 22.2 Å². The Labute approximate surface area is 136 Å². The quantitative estimate of drug-likeness (QED) is 0.834. The summed E-state index contributed by atoms with van der Waals surface area (Å²) in [6, 6.07) is 3.56. The molecule has 112 valence electrons. The third-order valence-electron chi connectivity index (χ3n) is 3.96. The number of fused-ring (bicyclic) bond motifs is 1. The van der Waals surface area contributed by atoms with Gasteiger partial charge < -0.3 is 9.67 Å². The van der Waals surface area contributed by atoms with E-state index in [1.807, 2.05) is 6.07 Å². The number of rotatable bonds is 4. The first-order valence-electron chi connectivity index (χ1n) is 6.63. The Morgan fingerprint density at radius 1 is 1.43 bits per heavy atom. The van der Waals surface area contributed by atoms with E-state index in [0.29, 0.717) is 15.2 Å². The van der Waals surface area contributed by atoms with Crippen molar-refractivity contribution < 1.29 is 9.90 Å². The van der Waals surface area contributed by atoms with Crippen LogP contribution < -0.4 is 0 Å². The van der Waals surface area contributed by atoms with Gasteiger partial charge in [-0.15, -0.1) is 0 Å². The lowest BCUT2D eigenvalue weighted by Crippen LogP contribution is -2.37. The van der Waals surface area contributed by atoms with Crippen LogP contribution >= 0.6 is 35.0 Å². The second kappa shape index (κ2) is 5.38. The summed E-state index contributed by atoms with van der Waals surface area (Å²) in [6.07, 6.45) is 3.28. The zero-order valence-corrected chi connectivity index (χ0v) is 13.7. The number of hydrogen-bond donors (Lipinski definition) is 1. The lowest BCUT2D eigenvalue weighted by atomic mass is 9.78. The Balaban J connectivity index is 2.15. The SMILES string of the molecule is CC1(n2c(SCC(=O)O)nc3cc(Cl)c(Cl)cc32)CCC1. The number of aliphatic carboxylic acids is 1. The van der Waals surface area contributed by atoms with E-state index in [0.717, 1.165) is 23.9 Å². The Kier molecular flexibility index (Phi) is 3.84. The summed E-state index contributed by atoms with van der Waals surface area (Å²) < 4.78 is 2.13. The summed E-state index contributed by atoms with van der Waals surface area (Å²) in [7, 11) is 0. The van der Waals surface area contributed by atoms with Crippen molar-refractivity contribution in [2.24, 2.45) is 0 Å². The molecule has 1 aliphatic carbocycles. The van der Waals surface area contributed by atoms with Gasteiger partial charge in [-0.2, -0.15) is 0 Å².